The van der Waals surface area contributed by atoms with Gasteiger partial charge in [0, 0.05) is 49.0 Å². The maximum atomic E-state index is 6.23. The fraction of sp³-hybridized carbons (Fsp3) is 0. The van der Waals surface area contributed by atoms with Gasteiger partial charge in [-0.15, -0.1) is 0 Å². The van der Waals surface area contributed by atoms with Crippen molar-refractivity contribution in [2.24, 2.45) is 0 Å². The van der Waals surface area contributed by atoms with E-state index in [2.05, 4.69) is 185 Å². The summed E-state index contributed by atoms with van der Waals surface area (Å²) in [6.07, 6.45) is 0. The molecule has 0 saturated heterocycles. The van der Waals surface area contributed by atoms with Crippen LogP contribution >= 0.6 is 0 Å². The van der Waals surface area contributed by atoms with E-state index in [0.29, 0.717) is 17.6 Å². The highest BCUT2D eigenvalue weighted by Crippen LogP contribution is 2.43. The number of hydrogen-bond acceptors (Lipinski definition) is 4. The van der Waals surface area contributed by atoms with E-state index in [0.717, 1.165) is 82.7 Å². The highest BCUT2D eigenvalue weighted by atomic mass is 16.3. The Balaban J connectivity index is 0.988. The lowest BCUT2D eigenvalue weighted by molar-refractivity contribution is 0.669. The molecule has 11 aromatic carbocycles. The summed E-state index contributed by atoms with van der Waals surface area (Å²) in [4.78, 5) is 15.8. The van der Waals surface area contributed by atoms with Crippen LogP contribution in [0.3, 0.4) is 0 Å². The van der Waals surface area contributed by atoms with Crippen molar-refractivity contribution in [3.8, 4) is 45.5 Å². The molecule has 0 amide bonds. The summed E-state index contributed by atoms with van der Waals surface area (Å²) in [5.41, 5.74) is 11.1. The highest BCUT2D eigenvalue weighted by molar-refractivity contribution is 6.26. The van der Waals surface area contributed by atoms with Gasteiger partial charge in [0.15, 0.2) is 11.6 Å². The summed E-state index contributed by atoms with van der Waals surface area (Å²) < 4.78 is 10.9. The molecule has 0 saturated carbocycles. The number of aromatic nitrogens is 5. The Morgan fingerprint density at radius 3 is 1.51 bits per heavy atom. The lowest BCUT2D eigenvalue weighted by Crippen LogP contribution is -2.06. The van der Waals surface area contributed by atoms with E-state index in [1.165, 1.54) is 43.1 Å². The second-order valence-corrected chi connectivity index (χ2v) is 17.9. The molecule has 0 bridgehead atoms. The van der Waals surface area contributed by atoms with Gasteiger partial charge in [-0.3, -0.25) is 4.57 Å². The van der Waals surface area contributed by atoms with Crippen molar-refractivity contribution >= 4 is 97.9 Å². The SMILES string of the molecule is c1ccc(-c2nc(-c3ccc4oc5ccccc5c4c3)nc(-n3c4ccccc4c4cc5c6ccccc6n(-c6ccccc6-c6ccc7c8ccccc8c8ccccc8c7c6)c5cc43)n2)cc1. The van der Waals surface area contributed by atoms with Crippen LogP contribution in [0, 0.1) is 0 Å². The molecule has 6 nitrogen and oxygen atoms in total. The minimum Gasteiger partial charge on any atom is -0.456 e. The smallest absolute Gasteiger partial charge is 0.238 e. The first-order chi connectivity index (χ1) is 34.2. The molecule has 320 valence electrons. The molecular weight excluding hydrogens is 843 g/mol. The number of benzene rings is 11. The fourth-order valence-corrected chi connectivity index (χ4v) is 11.1. The predicted molar refractivity (Wildman–Crippen MR) is 285 cm³/mol. The van der Waals surface area contributed by atoms with Gasteiger partial charge in [-0.25, -0.2) is 4.98 Å². The molecule has 15 rings (SSSR count). The monoisotopic (exact) mass is 879 g/mol. The van der Waals surface area contributed by atoms with E-state index in [9.17, 15) is 0 Å². The zero-order valence-electron chi connectivity index (χ0n) is 37.0. The Morgan fingerprint density at radius 1 is 0.275 bits per heavy atom. The van der Waals surface area contributed by atoms with Crippen LogP contribution in [0.2, 0.25) is 0 Å². The molecule has 0 aliphatic heterocycles. The molecule has 6 heteroatoms. The molecule has 69 heavy (non-hydrogen) atoms. The number of nitrogens with zero attached hydrogens (tertiary/aromatic N) is 5. The Labute approximate surface area is 394 Å². The molecule has 0 spiro atoms. The van der Waals surface area contributed by atoms with Crippen LogP contribution in [-0.4, -0.2) is 24.1 Å². The average Bonchev–Trinajstić information content (AvgIpc) is 4.07. The van der Waals surface area contributed by atoms with Gasteiger partial charge in [0.05, 0.1) is 27.8 Å². The maximum absolute atomic E-state index is 6.23. The lowest BCUT2D eigenvalue weighted by Gasteiger charge is -2.16. The van der Waals surface area contributed by atoms with E-state index in [4.69, 9.17) is 19.4 Å². The zero-order chi connectivity index (χ0) is 45.2. The number of furan rings is 1. The van der Waals surface area contributed by atoms with Crippen molar-refractivity contribution < 1.29 is 4.42 Å². The standard InChI is InChI=1S/C63H37N5O/c1-2-16-38(17-3-1)61-64-62(40-31-33-60-53(35-40)49-25-11-15-29-59(49)69-60)66-63(65-61)68-56-28-14-10-24-48(56)52-36-51-47-23-9-13-27-55(47)67(57(51)37-58(52)68)54-26-12-8-18-41(54)39-30-32-46-44-21-5-4-19-42(44)43-20-6-7-22-45(43)50(46)34-39/h1-37H. The predicted octanol–water partition coefficient (Wildman–Crippen LogP) is 16.4. The number of para-hydroxylation sites is 4. The van der Waals surface area contributed by atoms with Gasteiger partial charge in [-0.1, -0.05) is 164 Å². The number of rotatable bonds is 5. The van der Waals surface area contributed by atoms with E-state index in [1.807, 2.05) is 48.5 Å². The summed E-state index contributed by atoms with van der Waals surface area (Å²) in [5, 5.41) is 14.2. The summed E-state index contributed by atoms with van der Waals surface area (Å²) >= 11 is 0. The lowest BCUT2D eigenvalue weighted by atomic mass is 9.92. The molecular formula is C63H37N5O. The van der Waals surface area contributed by atoms with Crippen molar-refractivity contribution in [2.75, 3.05) is 0 Å². The topological polar surface area (TPSA) is 61.7 Å². The normalized spacial score (nSPS) is 12.1. The van der Waals surface area contributed by atoms with Crippen LogP contribution in [-0.2, 0) is 0 Å². The molecule has 0 N–H and O–H groups in total. The number of hydrogen-bond donors (Lipinski definition) is 0. The summed E-state index contributed by atoms with van der Waals surface area (Å²) in [6, 6.07) is 80.0. The van der Waals surface area contributed by atoms with Gasteiger partial charge in [0.2, 0.25) is 5.95 Å². The molecule has 15 aromatic rings. The van der Waals surface area contributed by atoms with Gasteiger partial charge < -0.3 is 8.98 Å². The van der Waals surface area contributed by atoms with E-state index >= 15 is 0 Å². The largest absolute Gasteiger partial charge is 0.456 e. The average molecular weight is 880 g/mol. The first-order valence-corrected chi connectivity index (χ1v) is 23.3. The van der Waals surface area contributed by atoms with Crippen molar-refractivity contribution in [1.29, 1.82) is 0 Å². The molecule has 0 atom stereocenters. The van der Waals surface area contributed by atoms with E-state index < -0.39 is 0 Å². The third-order valence-corrected chi connectivity index (χ3v) is 14.2. The Bertz CT molecular complexity index is 4580. The second-order valence-electron chi connectivity index (χ2n) is 17.9. The summed E-state index contributed by atoms with van der Waals surface area (Å²) in [5.74, 6) is 1.72. The highest BCUT2D eigenvalue weighted by Gasteiger charge is 2.23. The Morgan fingerprint density at radius 2 is 0.783 bits per heavy atom. The summed E-state index contributed by atoms with van der Waals surface area (Å²) in [7, 11) is 0. The van der Waals surface area contributed by atoms with Crippen molar-refractivity contribution in [1.82, 2.24) is 24.1 Å². The third kappa shape index (κ3) is 5.63. The zero-order valence-corrected chi connectivity index (χ0v) is 37.0. The minimum atomic E-state index is 0.542. The maximum Gasteiger partial charge on any atom is 0.238 e. The van der Waals surface area contributed by atoms with Crippen LogP contribution < -0.4 is 0 Å². The van der Waals surface area contributed by atoms with Crippen LogP contribution in [0.15, 0.2) is 229 Å². The van der Waals surface area contributed by atoms with E-state index in [-0.39, 0.29) is 0 Å². The molecule has 0 aliphatic rings. The first kappa shape index (κ1) is 37.8. The molecule has 0 fully saturated rings. The molecule has 4 aromatic heterocycles. The van der Waals surface area contributed by atoms with E-state index in [1.54, 1.807) is 0 Å². The Hall–Kier alpha value is -9.39. The quantitative estimate of drug-likeness (QED) is 0.162. The van der Waals surface area contributed by atoms with Crippen LogP contribution in [0.5, 0.6) is 0 Å². The van der Waals surface area contributed by atoms with Crippen LogP contribution in [0.1, 0.15) is 0 Å². The first-order valence-electron chi connectivity index (χ1n) is 23.3. The van der Waals surface area contributed by atoms with Gasteiger partial charge in [-0.05, 0) is 98.5 Å². The van der Waals surface area contributed by atoms with Gasteiger partial charge in [0.25, 0.3) is 0 Å². The van der Waals surface area contributed by atoms with Gasteiger partial charge >= 0.3 is 0 Å². The molecule has 0 aliphatic carbocycles. The van der Waals surface area contributed by atoms with Crippen LogP contribution in [0.4, 0.5) is 0 Å². The van der Waals surface area contributed by atoms with Gasteiger partial charge in [-0.2, -0.15) is 9.97 Å². The molecule has 4 heterocycles. The number of fused-ring (bicyclic) bond motifs is 15. The van der Waals surface area contributed by atoms with Crippen LogP contribution in [0.25, 0.3) is 143 Å². The minimum absolute atomic E-state index is 0.542. The molecule has 0 radical (unpaired) electrons. The van der Waals surface area contributed by atoms with Crippen molar-refractivity contribution in [3.63, 3.8) is 0 Å². The van der Waals surface area contributed by atoms with Crippen molar-refractivity contribution in [3.05, 3.63) is 224 Å². The second kappa shape index (κ2) is 14.6. The molecule has 0 unspecified atom stereocenters. The fourth-order valence-electron chi connectivity index (χ4n) is 11.1. The van der Waals surface area contributed by atoms with Crippen molar-refractivity contribution in [2.45, 2.75) is 0 Å². The summed E-state index contributed by atoms with van der Waals surface area (Å²) in [6.45, 7) is 0. The Kier molecular flexibility index (Phi) is 7.97. The van der Waals surface area contributed by atoms with Gasteiger partial charge in [0.1, 0.15) is 11.2 Å². The third-order valence-electron chi connectivity index (χ3n) is 14.2.